The van der Waals surface area contributed by atoms with Crippen LogP contribution in [0.5, 0.6) is 0 Å². The molecule has 0 amide bonds. The molecule has 0 fully saturated rings. The summed E-state index contributed by atoms with van der Waals surface area (Å²) in [5.74, 6) is 0.342. The van der Waals surface area contributed by atoms with Crippen LogP contribution in [0.1, 0.15) is 5.56 Å². The highest BCUT2D eigenvalue weighted by molar-refractivity contribution is 5.53. The number of hydrogen-bond acceptors (Lipinski definition) is 4. The number of nitriles is 1. The highest BCUT2D eigenvalue weighted by Gasteiger charge is 2.08. The molecule has 0 saturated heterocycles. The number of nitrogen functional groups attached to an aromatic ring is 1. The molecular formula is C13H10N6. The van der Waals surface area contributed by atoms with Crippen molar-refractivity contribution in [3.63, 3.8) is 0 Å². The molecule has 2 N–H and O–H groups in total. The maximum Gasteiger partial charge on any atom is 0.145 e. The number of aromatic nitrogens is 4. The first-order valence-electron chi connectivity index (χ1n) is 5.63. The molecule has 0 aliphatic carbocycles. The second-order valence-corrected chi connectivity index (χ2v) is 3.93. The van der Waals surface area contributed by atoms with Gasteiger partial charge >= 0.3 is 0 Å². The zero-order chi connectivity index (χ0) is 13.2. The molecule has 1 aromatic carbocycles. The molecule has 0 bridgehead atoms. The number of anilines is 1. The summed E-state index contributed by atoms with van der Waals surface area (Å²) < 4.78 is 3.29. The first-order valence-corrected chi connectivity index (χ1v) is 5.63. The molecule has 92 valence electrons. The van der Waals surface area contributed by atoms with Gasteiger partial charge in [-0.1, -0.05) is 0 Å². The van der Waals surface area contributed by atoms with Crippen LogP contribution in [0.2, 0.25) is 0 Å². The molecule has 0 aliphatic rings. The van der Waals surface area contributed by atoms with E-state index in [1.165, 1.54) is 10.9 Å². The summed E-state index contributed by atoms with van der Waals surface area (Å²) in [6, 6.07) is 11.4. The minimum Gasteiger partial charge on any atom is -0.382 e. The summed E-state index contributed by atoms with van der Waals surface area (Å²) in [7, 11) is 0. The first kappa shape index (κ1) is 11.0. The van der Waals surface area contributed by atoms with Crippen molar-refractivity contribution in [2.75, 3.05) is 5.73 Å². The van der Waals surface area contributed by atoms with E-state index in [4.69, 9.17) is 11.0 Å². The summed E-state index contributed by atoms with van der Waals surface area (Å²) in [5.41, 5.74) is 7.96. The molecule has 3 rings (SSSR count). The number of benzene rings is 1. The fourth-order valence-electron chi connectivity index (χ4n) is 1.82. The normalized spacial score (nSPS) is 10.3. The predicted molar refractivity (Wildman–Crippen MR) is 69.8 cm³/mol. The van der Waals surface area contributed by atoms with Gasteiger partial charge in [-0.05, 0) is 30.3 Å². The van der Waals surface area contributed by atoms with Crippen LogP contribution >= 0.6 is 0 Å². The lowest BCUT2D eigenvalue weighted by Gasteiger charge is -2.06. The number of hydrogen-bond donors (Lipinski definition) is 1. The van der Waals surface area contributed by atoms with Gasteiger partial charge in [0.05, 0.1) is 17.6 Å². The Bertz CT molecular complexity index is 731. The first-order chi connectivity index (χ1) is 9.29. The van der Waals surface area contributed by atoms with Gasteiger partial charge in [0.2, 0.25) is 0 Å². The maximum absolute atomic E-state index is 8.85. The van der Waals surface area contributed by atoms with Crippen molar-refractivity contribution < 1.29 is 0 Å². The molecule has 3 aromatic rings. The molecule has 0 atom stereocenters. The molecule has 0 radical (unpaired) electrons. The lowest BCUT2D eigenvalue weighted by molar-refractivity contribution is 0.869. The van der Waals surface area contributed by atoms with Crippen molar-refractivity contribution in [3.8, 4) is 17.4 Å². The van der Waals surface area contributed by atoms with Gasteiger partial charge in [0.1, 0.15) is 17.5 Å². The highest BCUT2D eigenvalue weighted by atomic mass is 15.3. The topological polar surface area (TPSA) is 85.5 Å². The minimum atomic E-state index is 0.342. The molecule has 0 unspecified atom stereocenters. The monoisotopic (exact) mass is 250 g/mol. The van der Waals surface area contributed by atoms with E-state index >= 15 is 0 Å². The van der Waals surface area contributed by atoms with Crippen LogP contribution in [0.3, 0.4) is 0 Å². The lowest BCUT2D eigenvalue weighted by atomic mass is 10.3. The summed E-state index contributed by atoms with van der Waals surface area (Å²) >= 11 is 0. The second-order valence-electron chi connectivity index (χ2n) is 3.93. The average molecular weight is 250 g/mol. The Hall–Kier alpha value is -3.07. The number of rotatable bonds is 2. The van der Waals surface area contributed by atoms with E-state index in [0.29, 0.717) is 11.4 Å². The maximum atomic E-state index is 8.85. The summed E-state index contributed by atoms with van der Waals surface area (Å²) in [6.07, 6.45) is 5.04. The van der Waals surface area contributed by atoms with Gasteiger partial charge in [-0.15, -0.1) is 0 Å². The Labute approximate surface area is 109 Å². The zero-order valence-electron chi connectivity index (χ0n) is 9.93. The molecule has 0 aliphatic heterocycles. The van der Waals surface area contributed by atoms with E-state index in [0.717, 1.165) is 11.4 Å². The highest BCUT2D eigenvalue weighted by Crippen LogP contribution is 2.17. The molecular weight excluding hydrogens is 240 g/mol. The van der Waals surface area contributed by atoms with Crippen molar-refractivity contribution >= 4 is 5.82 Å². The fourth-order valence-corrected chi connectivity index (χ4v) is 1.82. The number of nitrogens with zero attached hydrogens (tertiary/aromatic N) is 5. The lowest BCUT2D eigenvalue weighted by Crippen LogP contribution is -2.03. The van der Waals surface area contributed by atoms with E-state index in [1.807, 2.05) is 42.6 Å². The van der Waals surface area contributed by atoms with Crippen molar-refractivity contribution in [2.24, 2.45) is 0 Å². The molecule has 6 nitrogen and oxygen atoms in total. The molecule has 2 heterocycles. The third-order valence-corrected chi connectivity index (χ3v) is 2.79. The molecule has 6 heteroatoms. The van der Waals surface area contributed by atoms with E-state index < -0.39 is 0 Å². The van der Waals surface area contributed by atoms with E-state index in [9.17, 15) is 0 Å². The largest absolute Gasteiger partial charge is 0.382 e. The predicted octanol–water partition coefficient (Wildman–Crippen LogP) is 1.51. The minimum absolute atomic E-state index is 0.342. The number of nitrogens with two attached hydrogens (primary N) is 1. The van der Waals surface area contributed by atoms with Gasteiger partial charge < -0.3 is 5.73 Å². The summed E-state index contributed by atoms with van der Waals surface area (Å²) in [5, 5.41) is 17.1. The van der Waals surface area contributed by atoms with Gasteiger partial charge in [-0.2, -0.15) is 15.5 Å². The van der Waals surface area contributed by atoms with Crippen molar-refractivity contribution in [1.82, 2.24) is 19.6 Å². The Balaban J connectivity index is 1.99. The van der Waals surface area contributed by atoms with Gasteiger partial charge in [0, 0.05) is 12.4 Å². The molecule has 2 aromatic heterocycles. The third kappa shape index (κ3) is 1.83. The summed E-state index contributed by atoms with van der Waals surface area (Å²) in [4.78, 5) is 0. The van der Waals surface area contributed by atoms with Crippen LogP contribution in [0, 0.1) is 11.3 Å². The smallest absolute Gasteiger partial charge is 0.145 e. The second kappa shape index (κ2) is 4.31. The van der Waals surface area contributed by atoms with Crippen LogP contribution < -0.4 is 5.73 Å². The average Bonchev–Trinajstić information content (AvgIpc) is 3.08. The van der Waals surface area contributed by atoms with Gasteiger partial charge in [-0.25, -0.2) is 9.36 Å². The zero-order valence-corrected chi connectivity index (χ0v) is 9.93. The van der Waals surface area contributed by atoms with Crippen LogP contribution in [0.4, 0.5) is 5.82 Å². The van der Waals surface area contributed by atoms with E-state index in [2.05, 4.69) is 10.2 Å². The van der Waals surface area contributed by atoms with Crippen molar-refractivity contribution in [2.45, 2.75) is 0 Å². The standard InChI is InChI=1S/C13H10N6/c14-8-10-9-17-19(13(10)15)12-4-2-11(3-5-12)18-7-1-6-16-18/h1-7,9H,15H2. The molecule has 0 saturated carbocycles. The fraction of sp³-hybridized carbons (Fsp3) is 0. The van der Waals surface area contributed by atoms with Gasteiger partial charge in [0.15, 0.2) is 0 Å². The Kier molecular flexibility index (Phi) is 2.50. The Morgan fingerprint density at radius 2 is 1.84 bits per heavy atom. The van der Waals surface area contributed by atoms with Crippen LogP contribution in [-0.2, 0) is 0 Å². The summed E-state index contributed by atoms with van der Waals surface area (Å²) in [6.45, 7) is 0. The van der Waals surface area contributed by atoms with E-state index in [-0.39, 0.29) is 0 Å². The molecule has 19 heavy (non-hydrogen) atoms. The third-order valence-electron chi connectivity index (χ3n) is 2.79. The Morgan fingerprint density at radius 1 is 1.11 bits per heavy atom. The van der Waals surface area contributed by atoms with E-state index in [1.54, 1.807) is 10.9 Å². The van der Waals surface area contributed by atoms with Crippen LogP contribution in [0.25, 0.3) is 11.4 Å². The quantitative estimate of drug-likeness (QED) is 0.747. The van der Waals surface area contributed by atoms with Crippen molar-refractivity contribution in [3.05, 3.63) is 54.5 Å². The van der Waals surface area contributed by atoms with Gasteiger partial charge in [0.25, 0.3) is 0 Å². The van der Waals surface area contributed by atoms with Crippen LogP contribution in [-0.4, -0.2) is 19.6 Å². The van der Waals surface area contributed by atoms with Crippen molar-refractivity contribution in [1.29, 1.82) is 5.26 Å². The Morgan fingerprint density at radius 3 is 2.42 bits per heavy atom. The van der Waals surface area contributed by atoms with Crippen LogP contribution in [0.15, 0.2) is 48.9 Å². The SMILES string of the molecule is N#Cc1cnn(-c2ccc(-n3cccn3)cc2)c1N. The molecule has 0 spiro atoms. The van der Waals surface area contributed by atoms with Gasteiger partial charge in [-0.3, -0.25) is 0 Å².